The number of rotatable bonds is 5. The van der Waals surface area contributed by atoms with Crippen molar-refractivity contribution >= 4 is 23.3 Å². The second-order valence-corrected chi connectivity index (χ2v) is 8.17. The Labute approximate surface area is 197 Å². The molecule has 4 aromatic rings. The van der Waals surface area contributed by atoms with Crippen LogP contribution in [0, 0.1) is 12.3 Å². The van der Waals surface area contributed by atoms with Gasteiger partial charge in [-0.25, -0.2) is 4.68 Å². The summed E-state index contributed by atoms with van der Waals surface area (Å²) in [6.07, 6.45) is 5.60. The van der Waals surface area contributed by atoms with Crippen LogP contribution in [0.3, 0.4) is 0 Å². The molecule has 5 rings (SSSR count). The number of nitrogens with zero attached hydrogens (tertiary/aromatic N) is 2. The van der Waals surface area contributed by atoms with Gasteiger partial charge in [0, 0.05) is 28.5 Å². The van der Waals surface area contributed by atoms with E-state index in [-0.39, 0.29) is 18.4 Å². The predicted octanol–water partition coefficient (Wildman–Crippen LogP) is 5.68. The van der Waals surface area contributed by atoms with Crippen molar-refractivity contribution in [1.82, 2.24) is 9.78 Å². The number of hydrogen-bond donors (Lipinski definition) is 1. The summed E-state index contributed by atoms with van der Waals surface area (Å²) in [5, 5.41) is 8.65. The number of benzene rings is 3. The topological polar surface area (TPSA) is 56.1 Å². The van der Waals surface area contributed by atoms with Crippen LogP contribution >= 0.6 is 11.6 Å². The molecule has 0 fully saturated rings. The molecule has 1 N–H and O–H groups in total. The van der Waals surface area contributed by atoms with Gasteiger partial charge >= 0.3 is 0 Å². The average Bonchev–Trinajstić information content (AvgIpc) is 3.23. The lowest BCUT2D eigenvalue weighted by atomic mass is 9.84. The van der Waals surface area contributed by atoms with E-state index in [2.05, 4.69) is 11.2 Å². The first-order valence-corrected chi connectivity index (χ1v) is 10.9. The van der Waals surface area contributed by atoms with E-state index in [0.717, 1.165) is 28.1 Å². The Bertz CT molecular complexity index is 1340. The molecule has 2 heterocycles. The lowest BCUT2D eigenvalue weighted by molar-refractivity contribution is -0.116. The quantitative estimate of drug-likeness (QED) is 0.395. The summed E-state index contributed by atoms with van der Waals surface area (Å²) < 4.78 is 7.31. The summed E-state index contributed by atoms with van der Waals surface area (Å²) in [6, 6.07) is 25.1. The van der Waals surface area contributed by atoms with E-state index < -0.39 is 0 Å². The Morgan fingerprint density at radius 3 is 2.48 bits per heavy atom. The highest BCUT2D eigenvalue weighted by molar-refractivity contribution is 6.30. The zero-order valence-electron chi connectivity index (χ0n) is 17.7. The number of fused-ring (bicyclic) bond motifs is 1. The number of ether oxygens (including phenoxy) is 1. The highest BCUT2D eigenvalue weighted by atomic mass is 35.5. The minimum atomic E-state index is -0.168. The van der Waals surface area contributed by atoms with Crippen molar-refractivity contribution in [2.45, 2.75) is 12.3 Å². The number of carbonyl (C=O) groups is 1. The molecule has 0 spiro atoms. The largest absolute Gasteiger partial charge is 0.481 e. The van der Waals surface area contributed by atoms with Crippen LogP contribution in [0.5, 0.6) is 5.75 Å². The lowest BCUT2D eigenvalue weighted by Crippen LogP contribution is -2.24. The van der Waals surface area contributed by atoms with Gasteiger partial charge in [-0.3, -0.25) is 4.79 Å². The fourth-order valence-electron chi connectivity index (χ4n) is 4.13. The Morgan fingerprint density at radius 2 is 1.79 bits per heavy atom. The number of halogens is 1. The van der Waals surface area contributed by atoms with Gasteiger partial charge in [0.15, 0.2) is 0 Å². The first kappa shape index (κ1) is 20.9. The molecule has 0 radical (unpaired) electrons. The number of terminal acetylenes is 1. The molecule has 1 aliphatic heterocycles. The zero-order valence-corrected chi connectivity index (χ0v) is 18.4. The molecule has 5 nitrogen and oxygen atoms in total. The minimum Gasteiger partial charge on any atom is -0.481 e. The number of amides is 1. The van der Waals surface area contributed by atoms with Gasteiger partial charge in [-0.2, -0.15) is 5.10 Å². The minimum absolute atomic E-state index is 0.0557. The van der Waals surface area contributed by atoms with Crippen LogP contribution in [0.2, 0.25) is 5.02 Å². The maximum atomic E-state index is 12.8. The van der Waals surface area contributed by atoms with E-state index in [9.17, 15) is 4.79 Å². The fourth-order valence-corrected chi connectivity index (χ4v) is 4.26. The third-order valence-electron chi connectivity index (χ3n) is 5.64. The van der Waals surface area contributed by atoms with Gasteiger partial charge in [-0.05, 0) is 42.0 Å². The number of aromatic nitrogens is 2. The van der Waals surface area contributed by atoms with E-state index in [1.807, 2.05) is 78.9 Å². The van der Waals surface area contributed by atoms with Crippen LogP contribution in [0.15, 0.2) is 78.9 Å². The molecule has 1 amide bonds. The fraction of sp³-hybridized carbons (Fsp3) is 0.111. The van der Waals surface area contributed by atoms with E-state index in [1.165, 1.54) is 0 Å². The van der Waals surface area contributed by atoms with Crippen LogP contribution in [-0.4, -0.2) is 22.3 Å². The first-order valence-electron chi connectivity index (χ1n) is 10.5. The number of carbonyl (C=O) groups excluding carboxylic acids is 1. The standard InChI is InChI=1S/C27H20ClN3O2/c1-2-16-33-22-14-10-18(11-15-22)23-17-24(32)29-27-25(23)26(19-8-12-20(28)13-9-19)30-31(27)21-6-4-3-5-7-21/h1,3-15,23H,16-17H2,(H,29,32). The molecule has 0 saturated carbocycles. The second-order valence-electron chi connectivity index (χ2n) is 7.73. The Kier molecular flexibility index (Phi) is 5.60. The second kappa shape index (κ2) is 8.85. The van der Waals surface area contributed by atoms with E-state index in [1.54, 1.807) is 4.68 Å². The molecule has 1 unspecified atom stereocenters. The number of para-hydroxylation sites is 1. The first-order chi connectivity index (χ1) is 16.1. The van der Waals surface area contributed by atoms with Crippen molar-refractivity contribution in [2.24, 2.45) is 0 Å². The van der Waals surface area contributed by atoms with Gasteiger partial charge in [-0.1, -0.05) is 60.0 Å². The average molecular weight is 454 g/mol. The lowest BCUT2D eigenvalue weighted by Gasteiger charge is -2.25. The Hall–Kier alpha value is -4.01. The summed E-state index contributed by atoms with van der Waals surface area (Å²) in [5.41, 5.74) is 4.58. The summed E-state index contributed by atoms with van der Waals surface area (Å²) in [7, 11) is 0. The van der Waals surface area contributed by atoms with Gasteiger partial charge in [0.05, 0.1) is 11.4 Å². The highest BCUT2D eigenvalue weighted by Gasteiger charge is 2.34. The van der Waals surface area contributed by atoms with Gasteiger partial charge in [0.25, 0.3) is 0 Å². The molecule has 0 aliphatic carbocycles. The van der Waals surface area contributed by atoms with Gasteiger partial charge in [-0.15, -0.1) is 6.42 Å². The molecule has 0 bridgehead atoms. The van der Waals surface area contributed by atoms with Crippen molar-refractivity contribution < 1.29 is 9.53 Å². The van der Waals surface area contributed by atoms with E-state index >= 15 is 0 Å². The molecule has 1 aromatic heterocycles. The Balaban J connectivity index is 1.67. The van der Waals surface area contributed by atoms with Crippen molar-refractivity contribution in [3.05, 3.63) is 95.0 Å². The summed E-state index contributed by atoms with van der Waals surface area (Å²) in [5.74, 6) is 3.61. The van der Waals surface area contributed by atoms with Crippen molar-refractivity contribution in [3.8, 4) is 35.0 Å². The predicted molar refractivity (Wildman–Crippen MR) is 130 cm³/mol. The monoisotopic (exact) mass is 453 g/mol. The zero-order chi connectivity index (χ0) is 22.8. The summed E-state index contributed by atoms with van der Waals surface area (Å²) in [6.45, 7) is 0.208. The number of nitrogens with one attached hydrogen (secondary N) is 1. The molecule has 0 saturated heterocycles. The third-order valence-corrected chi connectivity index (χ3v) is 5.89. The number of hydrogen-bond acceptors (Lipinski definition) is 3. The maximum Gasteiger partial charge on any atom is 0.226 e. The maximum absolute atomic E-state index is 12.8. The third kappa shape index (κ3) is 4.09. The molecule has 6 heteroatoms. The summed E-state index contributed by atoms with van der Waals surface area (Å²) in [4.78, 5) is 12.8. The van der Waals surface area contributed by atoms with Crippen LogP contribution < -0.4 is 10.1 Å². The van der Waals surface area contributed by atoms with Gasteiger partial charge in [0.1, 0.15) is 18.2 Å². The molecule has 3 aromatic carbocycles. The van der Waals surface area contributed by atoms with Crippen molar-refractivity contribution in [1.29, 1.82) is 0 Å². The molecular formula is C27H20ClN3O2. The molecular weight excluding hydrogens is 434 g/mol. The summed E-state index contributed by atoms with van der Waals surface area (Å²) >= 11 is 6.13. The Morgan fingerprint density at radius 1 is 1.06 bits per heavy atom. The SMILES string of the molecule is C#CCOc1ccc(C2CC(=O)Nc3c2c(-c2ccc(Cl)cc2)nn3-c2ccccc2)cc1. The molecule has 33 heavy (non-hydrogen) atoms. The molecule has 1 atom stereocenters. The van der Waals surface area contributed by atoms with Crippen molar-refractivity contribution in [2.75, 3.05) is 11.9 Å². The molecule has 162 valence electrons. The van der Waals surface area contributed by atoms with Gasteiger partial charge < -0.3 is 10.1 Å². The normalized spacial score (nSPS) is 14.8. The van der Waals surface area contributed by atoms with E-state index in [4.69, 9.17) is 27.9 Å². The highest BCUT2D eigenvalue weighted by Crippen LogP contribution is 2.44. The van der Waals surface area contributed by atoms with Crippen LogP contribution in [0.4, 0.5) is 5.82 Å². The number of anilines is 1. The molecule has 1 aliphatic rings. The van der Waals surface area contributed by atoms with Crippen LogP contribution in [-0.2, 0) is 4.79 Å². The van der Waals surface area contributed by atoms with Crippen LogP contribution in [0.25, 0.3) is 16.9 Å². The van der Waals surface area contributed by atoms with Gasteiger partial charge in [0.2, 0.25) is 5.91 Å². The van der Waals surface area contributed by atoms with Crippen molar-refractivity contribution in [3.63, 3.8) is 0 Å². The van der Waals surface area contributed by atoms with E-state index in [0.29, 0.717) is 23.0 Å². The van der Waals surface area contributed by atoms with Crippen LogP contribution in [0.1, 0.15) is 23.5 Å². The smallest absolute Gasteiger partial charge is 0.226 e.